The van der Waals surface area contributed by atoms with Gasteiger partial charge < -0.3 is 0 Å². The van der Waals surface area contributed by atoms with E-state index in [0.29, 0.717) is 5.56 Å². The normalized spacial score (nSPS) is 11.6. The first-order valence-electron chi connectivity index (χ1n) is 8.15. The summed E-state index contributed by atoms with van der Waals surface area (Å²) < 4.78 is 42.0. The molecule has 135 valence electrons. The summed E-state index contributed by atoms with van der Waals surface area (Å²) in [6.45, 7) is 3.82. The zero-order valence-corrected chi connectivity index (χ0v) is 15.8. The number of halogens is 1. The Morgan fingerprint density at radius 1 is 0.963 bits per heavy atom. The van der Waals surface area contributed by atoms with Crippen molar-refractivity contribution in [2.24, 2.45) is 0 Å². The van der Waals surface area contributed by atoms with Crippen LogP contribution in [0.2, 0.25) is 0 Å². The Morgan fingerprint density at radius 2 is 1.78 bits per heavy atom. The molecule has 0 unspecified atom stereocenters. The predicted molar refractivity (Wildman–Crippen MR) is 107 cm³/mol. The molecule has 0 saturated heterocycles. The molecule has 0 atom stereocenters. The van der Waals surface area contributed by atoms with Crippen LogP contribution >= 0.6 is 11.3 Å². The van der Waals surface area contributed by atoms with E-state index in [2.05, 4.69) is 6.92 Å². The fraction of sp³-hybridized carbons (Fsp3) is 0. The number of thiophene rings is 1. The molecule has 0 saturated carbocycles. The third kappa shape index (κ3) is 3.22. The highest BCUT2D eigenvalue weighted by Crippen LogP contribution is 2.31. The summed E-state index contributed by atoms with van der Waals surface area (Å²) in [5.74, 6) is -0.487. The Labute approximate surface area is 161 Å². The van der Waals surface area contributed by atoms with Gasteiger partial charge in [0.25, 0.3) is 10.0 Å². The standard InChI is InChI=1S/C21H15FNO2S2/c1-15-12-20(18-8-2-3-9-19(18)22)23(14-15)27(24,25)17-7-4-6-16(13-17)21-10-5-11-26-21/h2-14H,1H2. The minimum absolute atomic E-state index is 0.140. The second kappa shape index (κ2) is 6.79. The lowest BCUT2D eigenvalue weighted by Crippen LogP contribution is -2.13. The highest BCUT2D eigenvalue weighted by atomic mass is 32.2. The van der Waals surface area contributed by atoms with Crippen molar-refractivity contribution in [3.8, 4) is 21.7 Å². The van der Waals surface area contributed by atoms with Gasteiger partial charge in [0.1, 0.15) is 5.82 Å². The Hall–Kier alpha value is -2.70. The molecule has 4 aromatic rings. The zero-order valence-electron chi connectivity index (χ0n) is 14.2. The van der Waals surface area contributed by atoms with Crippen LogP contribution in [0.25, 0.3) is 21.7 Å². The first kappa shape index (κ1) is 17.7. The van der Waals surface area contributed by atoms with Gasteiger partial charge in [-0.1, -0.05) is 30.3 Å². The molecule has 2 aromatic carbocycles. The van der Waals surface area contributed by atoms with Gasteiger partial charge in [0.2, 0.25) is 0 Å². The highest BCUT2D eigenvalue weighted by Gasteiger charge is 2.23. The molecule has 0 spiro atoms. The summed E-state index contributed by atoms with van der Waals surface area (Å²) in [5, 5.41) is 1.94. The van der Waals surface area contributed by atoms with Crippen LogP contribution in [0.1, 0.15) is 5.56 Å². The van der Waals surface area contributed by atoms with Crippen LogP contribution in [-0.2, 0) is 10.0 Å². The smallest absolute Gasteiger partial charge is 0.241 e. The van der Waals surface area contributed by atoms with Crippen molar-refractivity contribution in [3.05, 3.63) is 96.6 Å². The molecule has 2 heterocycles. The molecule has 0 aliphatic carbocycles. The number of nitrogens with zero attached hydrogens (tertiary/aromatic N) is 1. The SMILES string of the molecule is [CH2]c1cc(-c2ccccc2F)n(S(=O)(=O)c2cccc(-c3cccs3)c2)c1. The van der Waals surface area contributed by atoms with Crippen molar-refractivity contribution in [1.82, 2.24) is 3.97 Å². The van der Waals surface area contributed by atoms with E-state index in [4.69, 9.17) is 0 Å². The zero-order chi connectivity index (χ0) is 19.0. The third-order valence-electron chi connectivity index (χ3n) is 4.19. The highest BCUT2D eigenvalue weighted by molar-refractivity contribution is 7.90. The summed E-state index contributed by atoms with van der Waals surface area (Å²) in [6.07, 6.45) is 1.41. The Morgan fingerprint density at radius 3 is 2.52 bits per heavy atom. The quantitative estimate of drug-likeness (QED) is 0.461. The number of rotatable bonds is 4. The average Bonchev–Trinajstić information content (AvgIpc) is 3.32. The van der Waals surface area contributed by atoms with Crippen LogP contribution < -0.4 is 0 Å². The summed E-state index contributed by atoms with van der Waals surface area (Å²) in [5.41, 5.74) is 1.77. The lowest BCUT2D eigenvalue weighted by atomic mass is 10.1. The van der Waals surface area contributed by atoms with Gasteiger partial charge in [-0.3, -0.25) is 0 Å². The lowest BCUT2D eigenvalue weighted by molar-refractivity contribution is 0.587. The summed E-state index contributed by atoms with van der Waals surface area (Å²) >= 11 is 1.54. The van der Waals surface area contributed by atoms with Gasteiger partial charge in [0.05, 0.1) is 10.6 Å². The summed E-state index contributed by atoms with van der Waals surface area (Å²) in [6, 6.07) is 18.3. The number of hydrogen-bond acceptors (Lipinski definition) is 3. The Bertz CT molecular complexity index is 1210. The fourth-order valence-corrected chi connectivity index (χ4v) is 5.09. The van der Waals surface area contributed by atoms with Gasteiger partial charge in [0.15, 0.2) is 0 Å². The second-order valence-electron chi connectivity index (χ2n) is 6.02. The van der Waals surface area contributed by atoms with E-state index in [-0.39, 0.29) is 16.2 Å². The van der Waals surface area contributed by atoms with Crippen LogP contribution in [0.5, 0.6) is 0 Å². The molecule has 0 fully saturated rings. The molecule has 0 amide bonds. The molecule has 6 heteroatoms. The first-order valence-corrected chi connectivity index (χ1v) is 10.5. The van der Waals surface area contributed by atoms with E-state index in [0.717, 1.165) is 14.4 Å². The van der Waals surface area contributed by atoms with Crippen LogP contribution in [0.4, 0.5) is 4.39 Å². The fourth-order valence-electron chi connectivity index (χ4n) is 2.93. The van der Waals surface area contributed by atoms with Gasteiger partial charge >= 0.3 is 0 Å². The van der Waals surface area contributed by atoms with Crippen molar-refractivity contribution >= 4 is 21.4 Å². The van der Waals surface area contributed by atoms with E-state index in [9.17, 15) is 12.8 Å². The van der Waals surface area contributed by atoms with Gasteiger partial charge in [0, 0.05) is 16.6 Å². The predicted octanol–water partition coefficient (Wildman–Crippen LogP) is 5.44. The van der Waals surface area contributed by atoms with Crippen molar-refractivity contribution in [2.75, 3.05) is 0 Å². The third-order valence-corrected chi connectivity index (χ3v) is 6.78. The average molecular weight is 396 g/mol. The van der Waals surface area contributed by atoms with E-state index >= 15 is 0 Å². The van der Waals surface area contributed by atoms with E-state index in [1.807, 2.05) is 23.6 Å². The van der Waals surface area contributed by atoms with Gasteiger partial charge in [-0.2, -0.15) is 0 Å². The topological polar surface area (TPSA) is 39.1 Å². The Kier molecular flexibility index (Phi) is 4.45. The lowest BCUT2D eigenvalue weighted by Gasteiger charge is -2.12. The van der Waals surface area contributed by atoms with Crippen LogP contribution in [0.15, 0.2) is 83.2 Å². The number of benzene rings is 2. The van der Waals surface area contributed by atoms with E-state index in [1.54, 1.807) is 42.5 Å². The van der Waals surface area contributed by atoms with Crippen molar-refractivity contribution in [1.29, 1.82) is 0 Å². The number of hydrogen-bond donors (Lipinski definition) is 0. The first-order chi connectivity index (χ1) is 13.0. The molecule has 4 rings (SSSR count). The van der Waals surface area contributed by atoms with Gasteiger partial charge in [-0.05, 0) is 59.8 Å². The van der Waals surface area contributed by atoms with Crippen molar-refractivity contribution < 1.29 is 12.8 Å². The minimum Gasteiger partial charge on any atom is -0.241 e. The molecule has 27 heavy (non-hydrogen) atoms. The van der Waals surface area contributed by atoms with Crippen molar-refractivity contribution in [2.45, 2.75) is 4.90 Å². The molecule has 0 N–H and O–H groups in total. The van der Waals surface area contributed by atoms with Gasteiger partial charge in [-0.15, -0.1) is 11.3 Å². The maximum absolute atomic E-state index is 14.3. The minimum atomic E-state index is -3.91. The van der Waals surface area contributed by atoms with E-state index < -0.39 is 15.8 Å². The molecule has 1 radical (unpaired) electrons. The van der Waals surface area contributed by atoms with Gasteiger partial charge in [-0.25, -0.2) is 16.8 Å². The maximum Gasteiger partial charge on any atom is 0.268 e. The second-order valence-corrected chi connectivity index (χ2v) is 8.78. The molecular formula is C21H15FNO2S2. The molecule has 0 aliphatic heterocycles. The molecule has 2 aromatic heterocycles. The van der Waals surface area contributed by atoms with Crippen LogP contribution in [0, 0.1) is 12.7 Å². The molecule has 0 bridgehead atoms. The summed E-state index contributed by atoms with van der Waals surface area (Å²) in [4.78, 5) is 1.12. The largest absolute Gasteiger partial charge is 0.268 e. The van der Waals surface area contributed by atoms with E-state index in [1.165, 1.54) is 23.6 Å². The number of aromatic nitrogens is 1. The molecular weight excluding hydrogens is 381 g/mol. The molecule has 0 aliphatic rings. The molecule has 3 nitrogen and oxygen atoms in total. The Balaban J connectivity index is 1.87. The maximum atomic E-state index is 14.3. The van der Waals surface area contributed by atoms with Crippen molar-refractivity contribution in [3.63, 3.8) is 0 Å². The van der Waals surface area contributed by atoms with Crippen LogP contribution in [0.3, 0.4) is 0 Å². The monoisotopic (exact) mass is 396 g/mol. The van der Waals surface area contributed by atoms with Crippen LogP contribution in [-0.4, -0.2) is 12.4 Å². The summed E-state index contributed by atoms with van der Waals surface area (Å²) in [7, 11) is -3.91.